The van der Waals surface area contributed by atoms with E-state index in [9.17, 15) is 14.7 Å². The molecule has 0 radical (unpaired) electrons. The van der Waals surface area contributed by atoms with Crippen LogP contribution in [0, 0.1) is 0 Å². The highest BCUT2D eigenvalue weighted by Crippen LogP contribution is 2.24. The van der Waals surface area contributed by atoms with E-state index < -0.39 is 6.04 Å². The van der Waals surface area contributed by atoms with Crippen molar-refractivity contribution in [1.29, 1.82) is 0 Å². The number of anilines is 1. The zero-order valence-corrected chi connectivity index (χ0v) is 10.1. The molecule has 0 aliphatic carbocycles. The Morgan fingerprint density at radius 1 is 1.47 bits per heavy atom. The van der Waals surface area contributed by atoms with Crippen LogP contribution in [0.1, 0.15) is 17.3 Å². The van der Waals surface area contributed by atoms with Gasteiger partial charge in [-0.15, -0.1) is 0 Å². The zero-order chi connectivity index (χ0) is 13.0. The van der Waals surface area contributed by atoms with Crippen LogP contribution in [-0.2, 0) is 4.79 Å². The van der Waals surface area contributed by atoms with Gasteiger partial charge in [-0.1, -0.05) is 0 Å². The summed E-state index contributed by atoms with van der Waals surface area (Å²) in [5.41, 5.74) is 0.812. The summed E-state index contributed by atoms with van der Waals surface area (Å²) in [6.07, 6.45) is 0.684. The minimum Gasteiger partial charge on any atom is -0.506 e. The molecule has 0 aliphatic rings. The lowest BCUT2D eigenvalue weighted by molar-refractivity contribution is -0.129. The first kappa shape index (κ1) is 13.0. The molecular weight excluding hydrogens is 220 g/mol. The van der Waals surface area contributed by atoms with Crippen molar-refractivity contribution in [2.75, 3.05) is 19.4 Å². The van der Waals surface area contributed by atoms with Crippen LogP contribution in [0.2, 0.25) is 0 Å². The molecular formula is C12H16N2O3. The molecule has 5 heteroatoms. The van der Waals surface area contributed by atoms with Crippen LogP contribution >= 0.6 is 0 Å². The summed E-state index contributed by atoms with van der Waals surface area (Å²) in [5.74, 6) is -0.102. The number of phenols is 1. The molecule has 0 fully saturated rings. The number of hydrogen-bond donors (Lipinski definition) is 2. The smallest absolute Gasteiger partial charge is 0.244 e. The molecule has 17 heavy (non-hydrogen) atoms. The fourth-order valence-electron chi connectivity index (χ4n) is 1.42. The fraction of sp³-hybridized carbons (Fsp3) is 0.333. The van der Waals surface area contributed by atoms with Gasteiger partial charge in [0.25, 0.3) is 0 Å². The molecule has 1 unspecified atom stereocenters. The average molecular weight is 236 g/mol. The highest BCUT2D eigenvalue weighted by molar-refractivity contribution is 5.85. The second-order valence-electron chi connectivity index (χ2n) is 3.99. The fourth-order valence-corrected chi connectivity index (χ4v) is 1.42. The molecule has 0 aliphatic heterocycles. The topological polar surface area (TPSA) is 69.6 Å². The van der Waals surface area contributed by atoms with Crippen molar-refractivity contribution in [3.8, 4) is 5.75 Å². The summed E-state index contributed by atoms with van der Waals surface area (Å²) in [4.78, 5) is 23.7. The lowest BCUT2D eigenvalue weighted by Crippen LogP contribution is -2.36. The lowest BCUT2D eigenvalue weighted by Gasteiger charge is -2.19. The molecule has 1 amide bonds. The van der Waals surface area contributed by atoms with Gasteiger partial charge < -0.3 is 15.3 Å². The monoisotopic (exact) mass is 236 g/mol. The number of carbonyl (C=O) groups is 2. The number of nitrogens with one attached hydrogen (secondary N) is 1. The predicted molar refractivity (Wildman–Crippen MR) is 65.3 cm³/mol. The van der Waals surface area contributed by atoms with Crippen LogP contribution in [0.15, 0.2) is 18.2 Å². The Morgan fingerprint density at radius 3 is 2.65 bits per heavy atom. The number of rotatable bonds is 4. The van der Waals surface area contributed by atoms with Gasteiger partial charge in [-0.05, 0) is 25.1 Å². The second-order valence-corrected chi connectivity index (χ2v) is 3.99. The van der Waals surface area contributed by atoms with Gasteiger partial charge >= 0.3 is 0 Å². The van der Waals surface area contributed by atoms with Crippen molar-refractivity contribution in [3.63, 3.8) is 0 Å². The molecule has 0 saturated carbocycles. The largest absolute Gasteiger partial charge is 0.506 e. The Bertz CT molecular complexity index is 430. The maximum absolute atomic E-state index is 11.6. The van der Waals surface area contributed by atoms with Gasteiger partial charge in [0.1, 0.15) is 18.1 Å². The van der Waals surface area contributed by atoms with Gasteiger partial charge in [0.15, 0.2) is 0 Å². The Balaban J connectivity index is 2.87. The van der Waals surface area contributed by atoms with Gasteiger partial charge in [-0.25, -0.2) is 0 Å². The minimum absolute atomic E-state index is 0.00834. The minimum atomic E-state index is -0.474. The zero-order valence-electron chi connectivity index (χ0n) is 10.1. The van der Waals surface area contributed by atoms with E-state index in [2.05, 4.69) is 5.32 Å². The molecule has 0 aromatic heterocycles. The number of benzene rings is 1. The first-order valence-corrected chi connectivity index (χ1v) is 5.21. The summed E-state index contributed by atoms with van der Waals surface area (Å²) in [6.45, 7) is 1.69. The van der Waals surface area contributed by atoms with E-state index in [1.807, 2.05) is 0 Å². The third-order valence-electron chi connectivity index (χ3n) is 2.34. The van der Waals surface area contributed by atoms with Crippen LogP contribution in [-0.4, -0.2) is 42.3 Å². The van der Waals surface area contributed by atoms with Crippen LogP contribution < -0.4 is 5.32 Å². The van der Waals surface area contributed by atoms with Crippen molar-refractivity contribution in [1.82, 2.24) is 4.90 Å². The molecule has 0 heterocycles. The number of aldehydes is 1. The summed E-state index contributed by atoms with van der Waals surface area (Å²) in [5, 5.41) is 12.5. The van der Waals surface area contributed by atoms with Gasteiger partial charge in [0.2, 0.25) is 5.91 Å². The van der Waals surface area contributed by atoms with E-state index in [0.29, 0.717) is 17.5 Å². The summed E-state index contributed by atoms with van der Waals surface area (Å²) in [7, 11) is 3.31. The van der Waals surface area contributed by atoms with E-state index in [0.717, 1.165) is 0 Å². The van der Waals surface area contributed by atoms with Crippen LogP contribution in [0.3, 0.4) is 0 Å². The average Bonchev–Trinajstić information content (AvgIpc) is 2.30. The number of likely N-dealkylation sites (N-methyl/N-ethyl adjacent to an activating group) is 1. The van der Waals surface area contributed by atoms with Crippen molar-refractivity contribution in [2.24, 2.45) is 0 Å². The maximum Gasteiger partial charge on any atom is 0.244 e. The summed E-state index contributed by atoms with van der Waals surface area (Å²) in [6, 6.07) is 3.95. The number of aromatic hydroxyl groups is 1. The molecule has 92 valence electrons. The molecule has 0 saturated heterocycles. The second kappa shape index (κ2) is 5.34. The Hall–Kier alpha value is -2.04. The molecule has 1 aromatic rings. The first-order valence-electron chi connectivity index (χ1n) is 5.21. The van der Waals surface area contributed by atoms with Gasteiger partial charge in [-0.2, -0.15) is 0 Å². The van der Waals surface area contributed by atoms with Gasteiger partial charge in [0, 0.05) is 19.7 Å². The Kier molecular flexibility index (Phi) is 4.09. The van der Waals surface area contributed by atoms with Crippen LogP contribution in [0.25, 0.3) is 0 Å². The van der Waals surface area contributed by atoms with E-state index in [1.165, 1.54) is 23.1 Å². The molecule has 0 spiro atoms. The number of nitrogens with zero attached hydrogens (tertiary/aromatic N) is 1. The molecule has 0 bridgehead atoms. The molecule has 2 N–H and O–H groups in total. The van der Waals surface area contributed by atoms with Crippen molar-refractivity contribution in [3.05, 3.63) is 23.8 Å². The number of carbonyl (C=O) groups excluding carboxylic acids is 2. The standard InChI is InChI=1S/C12H16N2O3/c1-8(12(17)14(2)3)13-10-6-9(7-15)4-5-11(10)16/h4-8,13,16H,1-3H3. The van der Waals surface area contributed by atoms with E-state index in [1.54, 1.807) is 21.0 Å². The normalized spacial score (nSPS) is 11.7. The molecule has 5 nitrogen and oxygen atoms in total. The van der Waals surface area contributed by atoms with Crippen molar-refractivity contribution < 1.29 is 14.7 Å². The highest BCUT2D eigenvalue weighted by atomic mass is 16.3. The molecule has 1 atom stereocenters. The summed E-state index contributed by atoms with van der Waals surface area (Å²) >= 11 is 0. The maximum atomic E-state index is 11.6. The van der Waals surface area contributed by atoms with Crippen molar-refractivity contribution in [2.45, 2.75) is 13.0 Å². The van der Waals surface area contributed by atoms with Crippen molar-refractivity contribution >= 4 is 17.9 Å². The van der Waals surface area contributed by atoms with Crippen LogP contribution in [0.4, 0.5) is 5.69 Å². The van der Waals surface area contributed by atoms with Gasteiger partial charge in [-0.3, -0.25) is 9.59 Å². The van der Waals surface area contributed by atoms with Crippen LogP contribution in [0.5, 0.6) is 5.75 Å². The third-order valence-corrected chi connectivity index (χ3v) is 2.34. The quantitative estimate of drug-likeness (QED) is 0.606. The first-order chi connectivity index (χ1) is 7.95. The van der Waals surface area contributed by atoms with Gasteiger partial charge in [0.05, 0.1) is 5.69 Å². The number of amides is 1. The Labute approximate surface area is 100 Å². The van der Waals surface area contributed by atoms with E-state index >= 15 is 0 Å². The molecule has 1 rings (SSSR count). The number of hydrogen-bond acceptors (Lipinski definition) is 4. The van der Waals surface area contributed by atoms with E-state index in [-0.39, 0.29) is 11.7 Å². The SMILES string of the molecule is CC(Nc1cc(C=O)ccc1O)C(=O)N(C)C. The third kappa shape index (κ3) is 3.21. The number of phenolic OH excluding ortho intramolecular Hbond substituents is 1. The highest BCUT2D eigenvalue weighted by Gasteiger charge is 2.15. The lowest BCUT2D eigenvalue weighted by atomic mass is 10.2. The predicted octanol–water partition coefficient (Wildman–Crippen LogP) is 1.09. The Morgan fingerprint density at radius 2 is 2.12 bits per heavy atom. The van der Waals surface area contributed by atoms with E-state index in [4.69, 9.17) is 0 Å². The molecule has 1 aromatic carbocycles. The summed E-state index contributed by atoms with van der Waals surface area (Å²) < 4.78 is 0.